The highest BCUT2D eigenvalue weighted by atomic mass is 35.5. The van der Waals surface area contributed by atoms with Crippen LogP contribution in [0.2, 0.25) is 5.02 Å². The number of hydrogen-bond acceptors (Lipinski definition) is 2. The van der Waals surface area contributed by atoms with Crippen LogP contribution in [-0.2, 0) is 11.2 Å². The van der Waals surface area contributed by atoms with E-state index in [1.807, 2.05) is 86.6 Å². The molecule has 0 unspecified atom stereocenters. The van der Waals surface area contributed by atoms with Crippen molar-refractivity contribution in [2.24, 2.45) is 5.10 Å². The molecule has 0 saturated carbocycles. The molecule has 1 amide bonds. The maximum Gasteiger partial charge on any atom is 0.244 e. The van der Waals surface area contributed by atoms with Crippen molar-refractivity contribution in [2.45, 2.75) is 20.3 Å². The summed E-state index contributed by atoms with van der Waals surface area (Å²) in [6.07, 6.45) is 1.95. The van der Waals surface area contributed by atoms with E-state index < -0.39 is 0 Å². The van der Waals surface area contributed by atoms with Gasteiger partial charge in [-0.2, -0.15) is 5.10 Å². The average molecular weight is 416 g/mol. The number of amides is 1. The largest absolute Gasteiger partial charge is 0.316 e. The molecule has 5 heteroatoms. The number of aromatic nitrogens is 1. The lowest BCUT2D eigenvalue weighted by molar-refractivity contribution is -0.120. The van der Waals surface area contributed by atoms with Gasteiger partial charge in [0.15, 0.2) is 0 Å². The summed E-state index contributed by atoms with van der Waals surface area (Å²) in [7, 11) is 0. The van der Waals surface area contributed by atoms with Gasteiger partial charge in [-0.25, -0.2) is 5.43 Å². The Hall–Kier alpha value is -3.37. The molecule has 1 N–H and O–H groups in total. The van der Waals surface area contributed by atoms with Gasteiger partial charge in [0.25, 0.3) is 0 Å². The molecule has 0 fully saturated rings. The SMILES string of the molecule is Cc1cc(/C=N\NC(=O)Cc2cccc3ccccc23)c(C)n1-c1ccccc1Cl. The predicted molar refractivity (Wildman–Crippen MR) is 124 cm³/mol. The van der Waals surface area contributed by atoms with Crippen LogP contribution in [0.4, 0.5) is 0 Å². The van der Waals surface area contributed by atoms with Gasteiger partial charge in [0.05, 0.1) is 23.3 Å². The maximum atomic E-state index is 12.4. The lowest BCUT2D eigenvalue weighted by Gasteiger charge is -2.11. The van der Waals surface area contributed by atoms with Crippen LogP contribution in [0.3, 0.4) is 0 Å². The Morgan fingerprint density at radius 1 is 1.03 bits per heavy atom. The normalized spacial score (nSPS) is 11.3. The molecule has 4 rings (SSSR count). The van der Waals surface area contributed by atoms with Crippen LogP contribution in [0, 0.1) is 13.8 Å². The molecule has 0 aliphatic carbocycles. The zero-order valence-corrected chi connectivity index (χ0v) is 17.6. The molecule has 30 heavy (non-hydrogen) atoms. The molecule has 0 bridgehead atoms. The zero-order valence-electron chi connectivity index (χ0n) is 16.9. The number of rotatable bonds is 5. The molecule has 0 aliphatic heterocycles. The zero-order chi connectivity index (χ0) is 21.1. The Kier molecular flexibility index (Phi) is 5.68. The number of para-hydroxylation sites is 1. The molecular formula is C25H22ClN3O. The lowest BCUT2D eigenvalue weighted by Crippen LogP contribution is -2.19. The predicted octanol–water partition coefficient (Wildman–Crippen LogP) is 5.59. The number of carbonyl (C=O) groups is 1. The number of aryl methyl sites for hydroxylation is 1. The van der Waals surface area contributed by atoms with Gasteiger partial charge in [0.1, 0.15) is 0 Å². The molecule has 0 spiro atoms. The van der Waals surface area contributed by atoms with E-state index in [2.05, 4.69) is 15.1 Å². The third-order valence-corrected chi connectivity index (χ3v) is 5.51. The average Bonchev–Trinajstić information content (AvgIpc) is 3.02. The number of nitrogens with one attached hydrogen (secondary N) is 1. The summed E-state index contributed by atoms with van der Waals surface area (Å²) in [4.78, 5) is 12.4. The standard InChI is InChI=1S/C25H22ClN3O/c1-17-14-21(18(2)29(17)24-13-6-5-12-23(24)26)16-27-28-25(30)15-20-10-7-9-19-8-3-4-11-22(19)20/h3-14,16H,15H2,1-2H3,(H,28,30)/b27-16-. The highest BCUT2D eigenvalue weighted by molar-refractivity contribution is 6.32. The van der Waals surface area contributed by atoms with Crippen LogP contribution < -0.4 is 5.43 Å². The molecule has 1 aromatic heterocycles. The number of benzene rings is 3. The van der Waals surface area contributed by atoms with Gasteiger partial charge in [0, 0.05) is 17.0 Å². The molecule has 3 aromatic carbocycles. The second-order valence-corrected chi connectivity index (χ2v) is 7.63. The lowest BCUT2D eigenvalue weighted by atomic mass is 10.0. The smallest absolute Gasteiger partial charge is 0.244 e. The third kappa shape index (κ3) is 4.00. The van der Waals surface area contributed by atoms with Gasteiger partial charge in [-0.05, 0) is 48.4 Å². The van der Waals surface area contributed by atoms with E-state index in [1.165, 1.54) is 0 Å². The van der Waals surface area contributed by atoms with Crippen molar-refractivity contribution >= 4 is 34.5 Å². The summed E-state index contributed by atoms with van der Waals surface area (Å²) in [5.74, 6) is -0.150. The first-order chi connectivity index (χ1) is 14.5. The number of hydrazone groups is 1. The highest BCUT2D eigenvalue weighted by Crippen LogP contribution is 2.25. The van der Waals surface area contributed by atoms with E-state index in [1.54, 1.807) is 6.21 Å². The molecule has 1 heterocycles. The second-order valence-electron chi connectivity index (χ2n) is 7.22. The molecule has 0 aliphatic rings. The number of fused-ring (bicyclic) bond motifs is 1. The summed E-state index contributed by atoms with van der Waals surface area (Å²) < 4.78 is 2.08. The van der Waals surface area contributed by atoms with Gasteiger partial charge >= 0.3 is 0 Å². The molecule has 150 valence electrons. The van der Waals surface area contributed by atoms with Crippen molar-refractivity contribution in [1.82, 2.24) is 9.99 Å². The summed E-state index contributed by atoms with van der Waals surface area (Å²) in [6, 6.07) is 23.8. The Morgan fingerprint density at radius 3 is 2.60 bits per heavy atom. The van der Waals surface area contributed by atoms with Gasteiger partial charge < -0.3 is 4.57 Å². The Balaban J connectivity index is 1.49. The fraction of sp³-hybridized carbons (Fsp3) is 0.120. The van der Waals surface area contributed by atoms with Crippen molar-refractivity contribution in [3.8, 4) is 5.69 Å². The van der Waals surface area contributed by atoms with Crippen LogP contribution in [0.5, 0.6) is 0 Å². The van der Waals surface area contributed by atoms with Gasteiger partial charge in [0.2, 0.25) is 5.91 Å². The molecular weight excluding hydrogens is 394 g/mol. The maximum absolute atomic E-state index is 12.4. The monoisotopic (exact) mass is 415 g/mol. The Bertz CT molecular complexity index is 1250. The number of halogens is 1. The first-order valence-electron chi connectivity index (χ1n) is 9.77. The minimum absolute atomic E-state index is 0.150. The van der Waals surface area contributed by atoms with E-state index in [4.69, 9.17) is 11.6 Å². The van der Waals surface area contributed by atoms with E-state index >= 15 is 0 Å². The van der Waals surface area contributed by atoms with Gasteiger partial charge in [-0.1, -0.05) is 66.2 Å². The minimum Gasteiger partial charge on any atom is -0.316 e. The van der Waals surface area contributed by atoms with Gasteiger partial charge in [-0.15, -0.1) is 0 Å². The fourth-order valence-electron chi connectivity index (χ4n) is 3.76. The minimum atomic E-state index is -0.150. The van der Waals surface area contributed by atoms with Crippen LogP contribution >= 0.6 is 11.6 Å². The van der Waals surface area contributed by atoms with Crippen molar-refractivity contribution in [3.05, 3.63) is 100 Å². The number of nitrogens with zero attached hydrogens (tertiary/aromatic N) is 2. The van der Waals surface area contributed by atoms with Crippen molar-refractivity contribution in [3.63, 3.8) is 0 Å². The fourth-order valence-corrected chi connectivity index (χ4v) is 3.98. The first-order valence-corrected chi connectivity index (χ1v) is 10.1. The van der Waals surface area contributed by atoms with E-state index in [0.717, 1.165) is 39.0 Å². The van der Waals surface area contributed by atoms with E-state index in [9.17, 15) is 4.79 Å². The van der Waals surface area contributed by atoms with Crippen LogP contribution in [0.25, 0.3) is 16.5 Å². The van der Waals surface area contributed by atoms with Crippen molar-refractivity contribution < 1.29 is 4.79 Å². The summed E-state index contributed by atoms with van der Waals surface area (Å²) >= 11 is 6.36. The van der Waals surface area contributed by atoms with Crippen LogP contribution in [0.15, 0.2) is 77.9 Å². The molecule has 4 aromatic rings. The Morgan fingerprint density at radius 2 is 1.77 bits per heavy atom. The Labute approximate surface area is 180 Å². The van der Waals surface area contributed by atoms with E-state index in [-0.39, 0.29) is 12.3 Å². The molecule has 0 atom stereocenters. The molecule has 4 nitrogen and oxygen atoms in total. The van der Waals surface area contributed by atoms with Gasteiger partial charge in [-0.3, -0.25) is 4.79 Å². The topological polar surface area (TPSA) is 46.4 Å². The first kappa shape index (κ1) is 19.9. The second kappa shape index (κ2) is 8.56. The molecule has 0 radical (unpaired) electrons. The van der Waals surface area contributed by atoms with Crippen LogP contribution in [-0.4, -0.2) is 16.7 Å². The number of carbonyl (C=O) groups excluding carboxylic acids is 1. The molecule has 0 saturated heterocycles. The highest BCUT2D eigenvalue weighted by Gasteiger charge is 2.12. The van der Waals surface area contributed by atoms with Crippen LogP contribution in [0.1, 0.15) is 22.5 Å². The van der Waals surface area contributed by atoms with Crippen molar-refractivity contribution in [1.29, 1.82) is 0 Å². The quantitative estimate of drug-likeness (QED) is 0.335. The summed E-state index contributed by atoms with van der Waals surface area (Å²) in [5.41, 5.74) is 7.54. The summed E-state index contributed by atoms with van der Waals surface area (Å²) in [5, 5.41) is 7.07. The van der Waals surface area contributed by atoms with E-state index in [0.29, 0.717) is 5.02 Å². The summed E-state index contributed by atoms with van der Waals surface area (Å²) in [6.45, 7) is 4.03. The third-order valence-electron chi connectivity index (χ3n) is 5.19. The number of hydrogen-bond donors (Lipinski definition) is 1. The van der Waals surface area contributed by atoms with Crippen molar-refractivity contribution in [2.75, 3.05) is 0 Å².